The summed E-state index contributed by atoms with van der Waals surface area (Å²) in [7, 11) is 0. The minimum absolute atomic E-state index is 0.0965. The zero-order valence-electron chi connectivity index (χ0n) is 12.1. The molecule has 1 aromatic heterocycles. The highest BCUT2D eigenvalue weighted by molar-refractivity contribution is 5.78. The highest BCUT2D eigenvalue weighted by Gasteiger charge is 2.07. The van der Waals surface area contributed by atoms with E-state index >= 15 is 0 Å². The molecule has 0 aliphatic rings. The van der Waals surface area contributed by atoms with E-state index in [1.54, 1.807) is 24.3 Å². The molecule has 0 bridgehead atoms. The topological polar surface area (TPSA) is 115 Å². The molecule has 0 saturated heterocycles. The summed E-state index contributed by atoms with van der Waals surface area (Å²) in [5.41, 5.74) is 0.686. The number of ether oxygens (including phenoxy) is 1. The molecule has 0 aliphatic heterocycles. The molecular weight excluding hydrogens is 302 g/mol. The van der Waals surface area contributed by atoms with Crippen LogP contribution in [0.3, 0.4) is 0 Å². The summed E-state index contributed by atoms with van der Waals surface area (Å²) in [4.78, 5) is 25.4. The molecule has 0 saturated carbocycles. The molecule has 23 heavy (non-hydrogen) atoms. The molecule has 8 heteroatoms. The average molecular weight is 317 g/mol. The van der Waals surface area contributed by atoms with Crippen LogP contribution in [-0.2, 0) is 11.2 Å². The molecular formula is C15H15N3O5. The van der Waals surface area contributed by atoms with E-state index in [4.69, 9.17) is 9.84 Å². The van der Waals surface area contributed by atoms with E-state index < -0.39 is 4.92 Å². The van der Waals surface area contributed by atoms with Crippen molar-refractivity contribution in [3.05, 3.63) is 58.3 Å². The van der Waals surface area contributed by atoms with Crippen LogP contribution in [0.1, 0.15) is 5.56 Å². The van der Waals surface area contributed by atoms with E-state index in [0.717, 1.165) is 11.8 Å². The lowest BCUT2D eigenvalue weighted by molar-refractivity contribution is -0.385. The number of hydrogen-bond acceptors (Lipinski definition) is 6. The maximum Gasteiger partial charge on any atom is 0.287 e. The minimum Gasteiger partial charge on any atom is -0.439 e. The Morgan fingerprint density at radius 2 is 2.00 bits per heavy atom. The number of nitrogens with one attached hydrogen (secondary N) is 1. The number of nitrogens with zero attached hydrogens (tertiary/aromatic N) is 2. The lowest BCUT2D eigenvalue weighted by Gasteiger charge is -2.06. The maximum absolute atomic E-state index is 11.5. The quantitative estimate of drug-likeness (QED) is 0.590. The van der Waals surface area contributed by atoms with Crippen LogP contribution in [0.2, 0.25) is 0 Å². The third-order valence-electron chi connectivity index (χ3n) is 2.88. The molecule has 0 aliphatic carbocycles. The Bertz CT molecular complexity index is 671. The summed E-state index contributed by atoms with van der Waals surface area (Å²) < 4.78 is 5.47. The van der Waals surface area contributed by atoms with Crippen molar-refractivity contribution in [3.8, 4) is 11.6 Å². The van der Waals surface area contributed by atoms with Gasteiger partial charge in [-0.1, -0.05) is 12.1 Å². The predicted molar refractivity (Wildman–Crippen MR) is 81.2 cm³/mol. The van der Waals surface area contributed by atoms with Crippen molar-refractivity contribution in [2.24, 2.45) is 0 Å². The Hall–Kier alpha value is -3.00. The van der Waals surface area contributed by atoms with Gasteiger partial charge in [-0.05, 0) is 17.7 Å². The molecule has 0 fully saturated rings. The number of aromatic nitrogens is 1. The fourth-order valence-corrected chi connectivity index (χ4v) is 1.78. The van der Waals surface area contributed by atoms with Gasteiger partial charge in [-0.25, -0.2) is 4.98 Å². The number of benzene rings is 1. The van der Waals surface area contributed by atoms with Crippen molar-refractivity contribution in [3.63, 3.8) is 0 Å². The van der Waals surface area contributed by atoms with Crippen LogP contribution in [0.5, 0.6) is 11.6 Å². The van der Waals surface area contributed by atoms with Crippen LogP contribution in [-0.4, -0.2) is 34.1 Å². The molecule has 2 aromatic rings. The number of amides is 1. The molecule has 2 N–H and O–H groups in total. The van der Waals surface area contributed by atoms with Gasteiger partial charge in [-0.2, -0.15) is 0 Å². The number of aliphatic hydroxyl groups is 1. The summed E-state index contributed by atoms with van der Waals surface area (Å²) in [6, 6.07) is 9.55. The Kier molecular flexibility index (Phi) is 5.59. The number of nitro groups is 1. The van der Waals surface area contributed by atoms with Gasteiger partial charge < -0.3 is 15.2 Å². The van der Waals surface area contributed by atoms with Gasteiger partial charge in [0.25, 0.3) is 5.69 Å². The van der Waals surface area contributed by atoms with Gasteiger partial charge in [-0.3, -0.25) is 14.9 Å². The Morgan fingerprint density at radius 1 is 1.26 bits per heavy atom. The molecule has 0 radical (unpaired) electrons. The fourth-order valence-electron chi connectivity index (χ4n) is 1.78. The third-order valence-corrected chi connectivity index (χ3v) is 2.88. The summed E-state index contributed by atoms with van der Waals surface area (Å²) in [6.07, 6.45) is 1.32. The van der Waals surface area contributed by atoms with Gasteiger partial charge in [0.15, 0.2) is 0 Å². The van der Waals surface area contributed by atoms with Crippen molar-refractivity contribution in [2.45, 2.75) is 6.42 Å². The van der Waals surface area contributed by atoms with Gasteiger partial charge >= 0.3 is 0 Å². The predicted octanol–water partition coefficient (Wildman–Crippen LogP) is 1.43. The summed E-state index contributed by atoms with van der Waals surface area (Å²) >= 11 is 0. The Balaban J connectivity index is 1.94. The standard InChI is InChI=1S/C15H15N3O5/c19-8-7-16-14(20)9-11-1-4-13(5-2-11)23-15-6-3-12(10-17-15)18(21)22/h1-6,10,19H,7-9H2,(H,16,20). The van der Waals surface area contributed by atoms with Crippen molar-refractivity contribution in [2.75, 3.05) is 13.2 Å². The van der Waals surface area contributed by atoms with E-state index in [1.165, 1.54) is 12.1 Å². The number of aliphatic hydroxyl groups excluding tert-OH is 1. The van der Waals surface area contributed by atoms with E-state index in [1.807, 2.05) is 0 Å². The molecule has 1 heterocycles. The third kappa shape index (κ3) is 5.04. The van der Waals surface area contributed by atoms with Crippen molar-refractivity contribution in [1.82, 2.24) is 10.3 Å². The summed E-state index contributed by atoms with van der Waals surface area (Å²) in [5, 5.41) is 21.7. The van der Waals surface area contributed by atoms with Crippen molar-refractivity contribution in [1.29, 1.82) is 0 Å². The molecule has 0 spiro atoms. The SMILES string of the molecule is O=C(Cc1ccc(Oc2ccc([N+](=O)[O-])cn2)cc1)NCCO. The highest BCUT2D eigenvalue weighted by atomic mass is 16.6. The first kappa shape index (κ1) is 16.4. The average Bonchev–Trinajstić information content (AvgIpc) is 2.55. The zero-order chi connectivity index (χ0) is 16.7. The number of rotatable bonds is 7. The van der Waals surface area contributed by atoms with Crippen molar-refractivity contribution >= 4 is 11.6 Å². The molecule has 2 rings (SSSR count). The monoisotopic (exact) mass is 317 g/mol. The van der Waals surface area contributed by atoms with E-state index in [-0.39, 0.29) is 37.0 Å². The lowest BCUT2D eigenvalue weighted by atomic mass is 10.1. The van der Waals surface area contributed by atoms with E-state index in [9.17, 15) is 14.9 Å². The Labute approximate surface area is 131 Å². The zero-order valence-corrected chi connectivity index (χ0v) is 12.1. The van der Waals surface area contributed by atoms with Gasteiger partial charge in [0.1, 0.15) is 11.9 Å². The first-order chi connectivity index (χ1) is 11.1. The van der Waals surface area contributed by atoms with Crippen LogP contribution < -0.4 is 10.1 Å². The second kappa shape index (κ2) is 7.85. The number of carbonyl (C=O) groups excluding carboxylic acids is 1. The minimum atomic E-state index is -0.534. The first-order valence-corrected chi connectivity index (χ1v) is 6.83. The second-order valence-corrected chi connectivity index (χ2v) is 4.61. The molecule has 0 unspecified atom stereocenters. The maximum atomic E-state index is 11.5. The van der Waals surface area contributed by atoms with Crippen LogP contribution in [0.25, 0.3) is 0 Å². The normalized spacial score (nSPS) is 10.1. The summed E-state index contributed by atoms with van der Waals surface area (Å²) in [5.74, 6) is 0.569. The van der Waals surface area contributed by atoms with Crippen LogP contribution in [0.4, 0.5) is 5.69 Å². The molecule has 0 atom stereocenters. The fraction of sp³-hybridized carbons (Fsp3) is 0.200. The second-order valence-electron chi connectivity index (χ2n) is 4.61. The summed E-state index contributed by atoms with van der Waals surface area (Å²) in [6.45, 7) is 0.132. The molecule has 1 amide bonds. The van der Waals surface area contributed by atoms with E-state index in [2.05, 4.69) is 10.3 Å². The van der Waals surface area contributed by atoms with Crippen LogP contribution >= 0.6 is 0 Å². The van der Waals surface area contributed by atoms with E-state index in [0.29, 0.717) is 5.75 Å². The highest BCUT2D eigenvalue weighted by Crippen LogP contribution is 2.21. The lowest BCUT2D eigenvalue weighted by Crippen LogP contribution is -2.27. The Morgan fingerprint density at radius 3 is 2.57 bits per heavy atom. The van der Waals surface area contributed by atoms with Gasteiger partial charge in [0.05, 0.1) is 18.0 Å². The first-order valence-electron chi connectivity index (χ1n) is 6.83. The van der Waals surface area contributed by atoms with Gasteiger partial charge in [-0.15, -0.1) is 0 Å². The van der Waals surface area contributed by atoms with Crippen LogP contribution in [0, 0.1) is 10.1 Å². The van der Waals surface area contributed by atoms with Crippen molar-refractivity contribution < 1.29 is 19.6 Å². The largest absolute Gasteiger partial charge is 0.439 e. The van der Waals surface area contributed by atoms with Gasteiger partial charge in [0.2, 0.25) is 11.8 Å². The molecule has 120 valence electrons. The van der Waals surface area contributed by atoms with Crippen LogP contribution in [0.15, 0.2) is 42.6 Å². The molecule has 8 nitrogen and oxygen atoms in total. The smallest absolute Gasteiger partial charge is 0.287 e. The number of carbonyl (C=O) groups is 1. The number of pyridine rings is 1. The molecule has 1 aromatic carbocycles. The van der Waals surface area contributed by atoms with Gasteiger partial charge in [0, 0.05) is 18.7 Å². The number of hydrogen-bond donors (Lipinski definition) is 2.